The Morgan fingerprint density at radius 1 is 1.00 bits per heavy atom. The molecule has 0 spiro atoms. The van der Waals surface area contributed by atoms with Crippen LogP contribution in [0.15, 0.2) is 46.9 Å². The molecule has 1 unspecified atom stereocenters. The first kappa shape index (κ1) is 12.9. The Bertz CT molecular complexity index is 574. The van der Waals surface area contributed by atoms with Crippen LogP contribution in [0.5, 0.6) is 0 Å². The van der Waals surface area contributed by atoms with Gasteiger partial charge in [-0.15, -0.1) is 0 Å². The molecule has 2 heteroatoms. The van der Waals surface area contributed by atoms with Crippen molar-refractivity contribution in [1.29, 1.82) is 0 Å². The van der Waals surface area contributed by atoms with Crippen molar-refractivity contribution in [3.05, 3.63) is 69.2 Å². The summed E-state index contributed by atoms with van der Waals surface area (Å²) < 4.78 is 1.04. The zero-order valence-electron chi connectivity index (χ0n) is 10.8. The molecular weight excluding hydrogens is 300 g/mol. The van der Waals surface area contributed by atoms with Crippen molar-refractivity contribution < 1.29 is 5.11 Å². The average Bonchev–Trinajstić information content (AvgIpc) is 2.87. The first-order chi connectivity index (χ1) is 9.22. The Hall–Kier alpha value is -1.12. The number of halogens is 1. The van der Waals surface area contributed by atoms with Gasteiger partial charge in [-0.25, -0.2) is 0 Å². The first-order valence-electron chi connectivity index (χ1n) is 6.76. The Morgan fingerprint density at radius 3 is 2.53 bits per heavy atom. The molecule has 0 saturated heterocycles. The topological polar surface area (TPSA) is 20.2 Å². The van der Waals surface area contributed by atoms with Crippen LogP contribution < -0.4 is 0 Å². The minimum atomic E-state index is -0.424. The van der Waals surface area contributed by atoms with Gasteiger partial charge in [-0.2, -0.15) is 0 Å². The summed E-state index contributed by atoms with van der Waals surface area (Å²) in [5.41, 5.74) is 5.17. The molecule has 98 valence electrons. The Balaban J connectivity index is 1.75. The van der Waals surface area contributed by atoms with Gasteiger partial charge in [0.05, 0.1) is 6.10 Å². The molecule has 19 heavy (non-hydrogen) atoms. The molecule has 0 radical (unpaired) electrons. The fourth-order valence-electron chi connectivity index (χ4n) is 2.78. The number of hydrogen-bond donors (Lipinski definition) is 1. The molecule has 2 aromatic rings. The van der Waals surface area contributed by atoms with Gasteiger partial charge in [-0.3, -0.25) is 0 Å². The second-order valence-corrected chi connectivity index (χ2v) is 6.14. The Kier molecular flexibility index (Phi) is 3.72. The van der Waals surface area contributed by atoms with Crippen molar-refractivity contribution in [1.82, 2.24) is 0 Å². The summed E-state index contributed by atoms with van der Waals surface area (Å²) in [4.78, 5) is 0. The van der Waals surface area contributed by atoms with E-state index in [4.69, 9.17) is 0 Å². The molecule has 0 saturated carbocycles. The first-order valence-corrected chi connectivity index (χ1v) is 7.56. The highest BCUT2D eigenvalue weighted by molar-refractivity contribution is 9.10. The van der Waals surface area contributed by atoms with Gasteiger partial charge >= 0.3 is 0 Å². The predicted octanol–water partition coefficient (Wildman–Crippen LogP) is 4.21. The van der Waals surface area contributed by atoms with Crippen LogP contribution in [0.2, 0.25) is 0 Å². The third-order valence-electron chi connectivity index (χ3n) is 3.85. The van der Waals surface area contributed by atoms with E-state index in [1.165, 1.54) is 36.0 Å². The molecule has 2 aromatic carbocycles. The molecule has 0 aromatic heterocycles. The third-order valence-corrected chi connectivity index (χ3v) is 4.38. The lowest BCUT2D eigenvalue weighted by Gasteiger charge is -2.12. The Morgan fingerprint density at radius 2 is 1.74 bits per heavy atom. The summed E-state index contributed by atoms with van der Waals surface area (Å²) in [7, 11) is 0. The third kappa shape index (κ3) is 2.90. The molecule has 0 amide bonds. The maximum Gasteiger partial charge on any atom is 0.0830 e. The van der Waals surface area contributed by atoms with Gasteiger partial charge in [0, 0.05) is 10.9 Å². The smallest absolute Gasteiger partial charge is 0.0830 e. The van der Waals surface area contributed by atoms with E-state index < -0.39 is 6.10 Å². The second kappa shape index (κ2) is 5.48. The van der Waals surface area contributed by atoms with E-state index >= 15 is 0 Å². The molecule has 1 aliphatic carbocycles. The van der Waals surface area contributed by atoms with Gasteiger partial charge in [-0.1, -0.05) is 46.3 Å². The lowest BCUT2D eigenvalue weighted by Crippen LogP contribution is -2.02. The van der Waals surface area contributed by atoms with E-state index in [0.717, 1.165) is 10.0 Å². The predicted molar refractivity (Wildman–Crippen MR) is 81.3 cm³/mol. The average molecular weight is 317 g/mol. The largest absolute Gasteiger partial charge is 0.388 e. The van der Waals surface area contributed by atoms with Crippen LogP contribution in [0.3, 0.4) is 0 Å². The maximum absolute atomic E-state index is 10.3. The van der Waals surface area contributed by atoms with Crippen LogP contribution in [-0.4, -0.2) is 5.11 Å². The summed E-state index contributed by atoms with van der Waals surface area (Å²) in [5, 5.41) is 10.3. The molecule has 1 N–H and O–H groups in total. The maximum atomic E-state index is 10.3. The fourth-order valence-corrected chi connectivity index (χ4v) is 3.04. The molecule has 0 heterocycles. The number of benzene rings is 2. The van der Waals surface area contributed by atoms with Gasteiger partial charge in [0.1, 0.15) is 0 Å². The Labute approximate surface area is 122 Å². The molecule has 3 rings (SSSR count). The standard InChI is InChI=1S/C17H17BrO/c18-16-8-6-14(7-9-16)17(19)11-12-4-5-13-2-1-3-15(13)10-12/h4-10,17,19H,1-3,11H2. The number of aliphatic hydroxyl groups excluding tert-OH is 1. The monoisotopic (exact) mass is 316 g/mol. The second-order valence-electron chi connectivity index (χ2n) is 5.23. The van der Waals surface area contributed by atoms with Gasteiger partial charge in [0.15, 0.2) is 0 Å². The van der Waals surface area contributed by atoms with Crippen LogP contribution in [0.4, 0.5) is 0 Å². The number of hydrogen-bond acceptors (Lipinski definition) is 1. The van der Waals surface area contributed by atoms with Crippen LogP contribution >= 0.6 is 15.9 Å². The molecule has 0 aliphatic heterocycles. The van der Waals surface area contributed by atoms with Crippen molar-refractivity contribution in [3.8, 4) is 0 Å². The molecular formula is C17H17BrO. The van der Waals surface area contributed by atoms with Crippen LogP contribution in [0.25, 0.3) is 0 Å². The van der Waals surface area contributed by atoms with Crippen molar-refractivity contribution in [2.45, 2.75) is 31.8 Å². The molecule has 1 aliphatic rings. The van der Waals surface area contributed by atoms with Gasteiger partial charge in [0.25, 0.3) is 0 Å². The van der Waals surface area contributed by atoms with Crippen molar-refractivity contribution in [3.63, 3.8) is 0 Å². The summed E-state index contributed by atoms with van der Waals surface area (Å²) in [6.45, 7) is 0. The van der Waals surface area contributed by atoms with E-state index in [1.807, 2.05) is 24.3 Å². The van der Waals surface area contributed by atoms with Gasteiger partial charge in [-0.05, 0) is 53.6 Å². The molecule has 1 atom stereocenters. The van der Waals surface area contributed by atoms with Gasteiger partial charge in [0.2, 0.25) is 0 Å². The van der Waals surface area contributed by atoms with Gasteiger partial charge < -0.3 is 5.11 Å². The van der Waals surface area contributed by atoms with Crippen LogP contribution in [-0.2, 0) is 19.3 Å². The van der Waals surface area contributed by atoms with Crippen LogP contribution in [0, 0.1) is 0 Å². The van der Waals surface area contributed by atoms with E-state index in [0.29, 0.717) is 6.42 Å². The van der Waals surface area contributed by atoms with Crippen molar-refractivity contribution in [2.75, 3.05) is 0 Å². The lowest BCUT2D eigenvalue weighted by atomic mass is 9.98. The summed E-state index contributed by atoms with van der Waals surface area (Å²) in [6.07, 6.45) is 3.94. The summed E-state index contributed by atoms with van der Waals surface area (Å²) >= 11 is 3.41. The quantitative estimate of drug-likeness (QED) is 0.899. The highest BCUT2D eigenvalue weighted by atomic mass is 79.9. The highest BCUT2D eigenvalue weighted by Gasteiger charge is 2.13. The normalized spacial score (nSPS) is 15.3. The van der Waals surface area contributed by atoms with E-state index in [2.05, 4.69) is 34.1 Å². The lowest BCUT2D eigenvalue weighted by molar-refractivity contribution is 0.178. The zero-order chi connectivity index (χ0) is 13.2. The molecule has 0 bridgehead atoms. The van der Waals surface area contributed by atoms with E-state index in [1.54, 1.807) is 0 Å². The minimum absolute atomic E-state index is 0.424. The SMILES string of the molecule is OC(Cc1ccc2c(c1)CCC2)c1ccc(Br)cc1. The molecule has 0 fully saturated rings. The highest BCUT2D eigenvalue weighted by Crippen LogP contribution is 2.26. The van der Waals surface area contributed by atoms with Crippen LogP contribution in [0.1, 0.15) is 34.8 Å². The van der Waals surface area contributed by atoms with E-state index in [9.17, 15) is 5.11 Å². The van der Waals surface area contributed by atoms with E-state index in [-0.39, 0.29) is 0 Å². The zero-order valence-corrected chi connectivity index (χ0v) is 12.4. The number of aryl methyl sites for hydroxylation is 2. The summed E-state index contributed by atoms with van der Waals surface area (Å²) in [5.74, 6) is 0. The minimum Gasteiger partial charge on any atom is -0.388 e. The number of aliphatic hydroxyl groups is 1. The summed E-state index contributed by atoms with van der Waals surface area (Å²) in [6, 6.07) is 14.6. The van der Waals surface area contributed by atoms with Crippen molar-refractivity contribution in [2.24, 2.45) is 0 Å². The fraction of sp³-hybridized carbons (Fsp3) is 0.294. The number of rotatable bonds is 3. The molecule has 1 nitrogen and oxygen atoms in total. The van der Waals surface area contributed by atoms with Crippen molar-refractivity contribution >= 4 is 15.9 Å². The number of fused-ring (bicyclic) bond motifs is 1.